The van der Waals surface area contributed by atoms with Gasteiger partial charge in [-0.15, -0.1) is 0 Å². The Morgan fingerprint density at radius 1 is 0.875 bits per heavy atom. The third kappa shape index (κ3) is 6.06. The summed E-state index contributed by atoms with van der Waals surface area (Å²) in [6.07, 6.45) is 24.6. The molecule has 4 unspecified atom stereocenters. The molecule has 0 spiro atoms. The fourth-order valence-electron chi connectivity index (χ4n) is 7.56. The van der Waals surface area contributed by atoms with E-state index in [-0.39, 0.29) is 5.82 Å². The van der Waals surface area contributed by atoms with Crippen LogP contribution in [0.2, 0.25) is 0 Å². The van der Waals surface area contributed by atoms with Gasteiger partial charge in [0, 0.05) is 0 Å². The van der Waals surface area contributed by atoms with Crippen LogP contribution < -0.4 is 0 Å². The van der Waals surface area contributed by atoms with Crippen molar-refractivity contribution < 1.29 is 4.39 Å². The lowest BCUT2D eigenvalue weighted by Crippen LogP contribution is -2.34. The molecule has 3 fully saturated rings. The molecule has 0 aromatic heterocycles. The first-order chi connectivity index (χ1) is 15.7. The van der Waals surface area contributed by atoms with Crippen molar-refractivity contribution in [3.63, 3.8) is 0 Å². The lowest BCUT2D eigenvalue weighted by atomic mass is 9.60. The van der Waals surface area contributed by atoms with Crippen molar-refractivity contribution >= 4 is 0 Å². The molecule has 0 nitrogen and oxygen atoms in total. The summed E-state index contributed by atoms with van der Waals surface area (Å²) in [6.45, 7) is 4.37. The van der Waals surface area contributed by atoms with E-state index in [1.807, 2.05) is 13.0 Å². The summed E-state index contributed by atoms with van der Waals surface area (Å²) in [7, 11) is 0. The van der Waals surface area contributed by atoms with Crippen molar-refractivity contribution in [3.8, 4) is 0 Å². The van der Waals surface area contributed by atoms with Crippen molar-refractivity contribution in [1.82, 2.24) is 0 Å². The summed E-state index contributed by atoms with van der Waals surface area (Å²) in [6, 6.07) is 6.14. The highest BCUT2D eigenvalue weighted by Crippen LogP contribution is 2.50. The number of unbranched alkanes of at least 4 members (excludes halogenated alkanes) is 1. The molecule has 178 valence electrons. The summed E-state index contributed by atoms with van der Waals surface area (Å²) >= 11 is 0. The molecule has 1 aromatic rings. The van der Waals surface area contributed by atoms with E-state index in [2.05, 4.69) is 31.2 Å². The van der Waals surface area contributed by atoms with Gasteiger partial charge in [-0.3, -0.25) is 0 Å². The first-order valence-electron chi connectivity index (χ1n) is 14.1. The van der Waals surface area contributed by atoms with Gasteiger partial charge in [0.15, 0.2) is 0 Å². The largest absolute Gasteiger partial charge is 0.207 e. The second kappa shape index (κ2) is 11.8. The van der Waals surface area contributed by atoms with Crippen LogP contribution in [0.25, 0.3) is 0 Å². The van der Waals surface area contributed by atoms with Crippen molar-refractivity contribution in [3.05, 3.63) is 47.3 Å². The van der Waals surface area contributed by atoms with E-state index >= 15 is 0 Å². The van der Waals surface area contributed by atoms with E-state index in [4.69, 9.17) is 0 Å². The van der Waals surface area contributed by atoms with Gasteiger partial charge < -0.3 is 0 Å². The Labute approximate surface area is 197 Å². The zero-order valence-corrected chi connectivity index (χ0v) is 20.8. The average Bonchev–Trinajstić information content (AvgIpc) is 2.83. The molecule has 0 N–H and O–H groups in total. The van der Waals surface area contributed by atoms with Gasteiger partial charge in [-0.1, -0.05) is 56.9 Å². The van der Waals surface area contributed by atoms with E-state index in [1.165, 1.54) is 82.6 Å². The minimum absolute atomic E-state index is 0.0157. The van der Waals surface area contributed by atoms with Crippen LogP contribution in [0.4, 0.5) is 4.39 Å². The molecule has 4 rings (SSSR count). The molecule has 0 radical (unpaired) electrons. The van der Waals surface area contributed by atoms with Crippen LogP contribution in [0.3, 0.4) is 0 Å². The number of rotatable bonds is 8. The van der Waals surface area contributed by atoms with Crippen LogP contribution >= 0.6 is 0 Å². The maximum atomic E-state index is 14.6. The average molecular weight is 439 g/mol. The summed E-state index contributed by atoms with van der Waals surface area (Å²) in [5.41, 5.74) is 2.13. The third-order valence-corrected chi connectivity index (χ3v) is 9.53. The normalized spacial score (nSPS) is 33.3. The Morgan fingerprint density at radius 3 is 2.28 bits per heavy atom. The molecule has 0 amide bonds. The molecule has 0 bridgehead atoms. The lowest BCUT2D eigenvalue weighted by Gasteiger charge is -2.45. The Bertz CT molecular complexity index is 726. The monoisotopic (exact) mass is 438 g/mol. The highest BCUT2D eigenvalue weighted by Gasteiger charge is 2.38. The van der Waals surface area contributed by atoms with E-state index in [1.54, 1.807) is 6.42 Å². The molecule has 3 saturated carbocycles. The van der Waals surface area contributed by atoms with Crippen LogP contribution in [0.15, 0.2) is 30.4 Å². The van der Waals surface area contributed by atoms with E-state index in [0.717, 1.165) is 48.0 Å². The topological polar surface area (TPSA) is 0 Å². The molecule has 1 heteroatoms. The quantitative estimate of drug-likeness (QED) is 0.354. The molecule has 4 atom stereocenters. The zero-order valence-electron chi connectivity index (χ0n) is 20.8. The summed E-state index contributed by atoms with van der Waals surface area (Å²) in [5, 5.41) is 0. The minimum atomic E-state index is 0.0157. The molecular weight excluding hydrogens is 391 g/mol. The Morgan fingerprint density at radius 2 is 1.56 bits per heavy atom. The van der Waals surface area contributed by atoms with Crippen LogP contribution in [0.1, 0.15) is 121 Å². The van der Waals surface area contributed by atoms with Crippen molar-refractivity contribution in [1.29, 1.82) is 0 Å². The number of fused-ring (bicyclic) bond motifs is 1. The Hall–Kier alpha value is -1.11. The predicted molar refractivity (Wildman–Crippen MR) is 135 cm³/mol. The van der Waals surface area contributed by atoms with Gasteiger partial charge in [0.1, 0.15) is 5.82 Å². The summed E-state index contributed by atoms with van der Waals surface area (Å²) < 4.78 is 14.6. The van der Waals surface area contributed by atoms with Gasteiger partial charge in [0.2, 0.25) is 0 Å². The molecule has 0 heterocycles. The first kappa shape index (κ1) is 24.0. The van der Waals surface area contributed by atoms with Gasteiger partial charge in [0.25, 0.3) is 0 Å². The standard InChI is InChI=1S/C31H47F/c1-3-5-7-9-26-16-17-30(22-31(26)32)25-14-12-24(13-15-25)28-19-18-27-20-23(8-6-4-2)10-11-29(27)21-28/h3,5,16-17,22-25,27-29H,4,6-15,18-21H2,1-2H3/b5-3+. The van der Waals surface area contributed by atoms with Crippen LogP contribution in [0, 0.1) is 35.4 Å². The third-order valence-electron chi connectivity index (χ3n) is 9.53. The highest BCUT2D eigenvalue weighted by molar-refractivity contribution is 5.28. The van der Waals surface area contributed by atoms with Crippen LogP contribution in [-0.2, 0) is 6.42 Å². The maximum absolute atomic E-state index is 14.6. The van der Waals surface area contributed by atoms with Crippen LogP contribution in [-0.4, -0.2) is 0 Å². The van der Waals surface area contributed by atoms with Gasteiger partial charge in [-0.25, -0.2) is 4.39 Å². The number of allylic oxidation sites excluding steroid dienone is 2. The van der Waals surface area contributed by atoms with Gasteiger partial charge >= 0.3 is 0 Å². The fourth-order valence-corrected chi connectivity index (χ4v) is 7.56. The fraction of sp³-hybridized carbons (Fsp3) is 0.742. The lowest BCUT2D eigenvalue weighted by molar-refractivity contribution is 0.0614. The molecule has 3 aliphatic rings. The second-order valence-electron chi connectivity index (χ2n) is 11.5. The van der Waals surface area contributed by atoms with Crippen molar-refractivity contribution in [2.75, 3.05) is 0 Å². The van der Waals surface area contributed by atoms with Gasteiger partial charge in [0.05, 0.1) is 0 Å². The van der Waals surface area contributed by atoms with E-state index in [9.17, 15) is 4.39 Å². The van der Waals surface area contributed by atoms with E-state index < -0.39 is 0 Å². The number of hydrogen-bond acceptors (Lipinski definition) is 0. The number of benzene rings is 1. The first-order valence-corrected chi connectivity index (χ1v) is 14.1. The molecule has 32 heavy (non-hydrogen) atoms. The number of hydrogen-bond donors (Lipinski definition) is 0. The van der Waals surface area contributed by atoms with Crippen LogP contribution in [0.5, 0.6) is 0 Å². The predicted octanol–water partition coefficient (Wildman–Crippen LogP) is 9.63. The Kier molecular flexibility index (Phi) is 8.90. The smallest absolute Gasteiger partial charge is 0.126 e. The van der Waals surface area contributed by atoms with E-state index in [0.29, 0.717) is 5.92 Å². The highest BCUT2D eigenvalue weighted by atomic mass is 19.1. The number of aryl methyl sites for hydroxylation is 1. The molecule has 1 aromatic carbocycles. The minimum Gasteiger partial charge on any atom is -0.207 e. The van der Waals surface area contributed by atoms with Gasteiger partial charge in [-0.05, 0) is 130 Å². The number of halogens is 1. The second-order valence-corrected chi connectivity index (χ2v) is 11.5. The molecule has 0 saturated heterocycles. The Balaban J connectivity index is 1.24. The molecular formula is C31H47F. The van der Waals surface area contributed by atoms with Crippen molar-refractivity contribution in [2.24, 2.45) is 29.6 Å². The van der Waals surface area contributed by atoms with Gasteiger partial charge in [-0.2, -0.15) is 0 Å². The molecule has 3 aliphatic carbocycles. The summed E-state index contributed by atoms with van der Waals surface area (Å²) in [4.78, 5) is 0. The zero-order chi connectivity index (χ0) is 22.3. The SMILES string of the molecule is C/C=C/CCc1ccc(C2CCC(C3CCC4CC(CCCC)CCC4C3)CC2)cc1F. The summed E-state index contributed by atoms with van der Waals surface area (Å²) in [5.74, 6) is 5.64. The van der Waals surface area contributed by atoms with Crippen molar-refractivity contribution in [2.45, 2.75) is 116 Å². The molecule has 0 aliphatic heterocycles. The maximum Gasteiger partial charge on any atom is 0.126 e.